The number of carbonyl (C=O) groups is 2. The molecule has 0 radical (unpaired) electrons. The van der Waals surface area contributed by atoms with Crippen molar-refractivity contribution in [3.63, 3.8) is 0 Å². The molecule has 0 aliphatic rings. The van der Waals surface area contributed by atoms with Crippen LogP contribution in [-0.2, 0) is 17.8 Å². The Bertz CT molecular complexity index is 788. The van der Waals surface area contributed by atoms with Gasteiger partial charge in [-0.15, -0.1) is 0 Å². The molecule has 150 valence electrons. The maximum absolute atomic E-state index is 12.3. The summed E-state index contributed by atoms with van der Waals surface area (Å²) in [6.07, 6.45) is 0.693. The Morgan fingerprint density at radius 1 is 0.857 bits per heavy atom. The molecule has 0 unspecified atom stereocenters. The zero-order chi connectivity index (χ0) is 20.4. The molecular weight excluding hydrogens is 356 g/mol. The van der Waals surface area contributed by atoms with Crippen LogP contribution in [0, 0.1) is 0 Å². The van der Waals surface area contributed by atoms with Crippen LogP contribution in [0.1, 0.15) is 42.3 Å². The van der Waals surface area contributed by atoms with Crippen LogP contribution in [0.2, 0.25) is 0 Å². The number of hydrogen-bond acceptors (Lipinski definition) is 4. The Morgan fingerprint density at radius 3 is 2.14 bits per heavy atom. The van der Waals surface area contributed by atoms with E-state index in [0.29, 0.717) is 38.3 Å². The molecule has 0 saturated carbocycles. The van der Waals surface area contributed by atoms with E-state index in [1.165, 1.54) is 6.92 Å². The molecule has 0 saturated heterocycles. The summed E-state index contributed by atoms with van der Waals surface area (Å²) in [5.74, 6) is 1.25. The van der Waals surface area contributed by atoms with Crippen molar-refractivity contribution in [3.8, 4) is 11.5 Å². The summed E-state index contributed by atoms with van der Waals surface area (Å²) in [6.45, 7) is 7.47. The molecule has 2 aromatic rings. The molecule has 0 spiro atoms. The minimum Gasteiger partial charge on any atom is -0.490 e. The fraction of sp³-hybridized carbons (Fsp3) is 0.364. The van der Waals surface area contributed by atoms with E-state index in [-0.39, 0.29) is 11.8 Å². The van der Waals surface area contributed by atoms with Crippen LogP contribution in [0.3, 0.4) is 0 Å². The highest BCUT2D eigenvalue weighted by atomic mass is 16.5. The number of rotatable bonds is 10. The first-order valence-electron chi connectivity index (χ1n) is 9.53. The van der Waals surface area contributed by atoms with Gasteiger partial charge in [-0.05, 0) is 55.7 Å². The Morgan fingerprint density at radius 2 is 1.50 bits per heavy atom. The van der Waals surface area contributed by atoms with E-state index in [0.717, 1.165) is 22.6 Å². The Labute approximate surface area is 166 Å². The van der Waals surface area contributed by atoms with Gasteiger partial charge in [0, 0.05) is 25.6 Å². The lowest BCUT2D eigenvalue weighted by Gasteiger charge is -2.12. The summed E-state index contributed by atoms with van der Waals surface area (Å²) in [5, 5.41) is 5.66. The quantitative estimate of drug-likeness (QED) is 0.660. The average molecular weight is 384 g/mol. The smallest absolute Gasteiger partial charge is 0.251 e. The highest BCUT2D eigenvalue weighted by Gasteiger charge is 2.08. The topological polar surface area (TPSA) is 76.7 Å². The van der Waals surface area contributed by atoms with Crippen LogP contribution in [-0.4, -0.2) is 31.6 Å². The monoisotopic (exact) mass is 384 g/mol. The molecule has 0 fully saturated rings. The molecule has 2 amide bonds. The molecule has 6 nitrogen and oxygen atoms in total. The van der Waals surface area contributed by atoms with E-state index < -0.39 is 0 Å². The van der Waals surface area contributed by atoms with Gasteiger partial charge in [-0.3, -0.25) is 9.59 Å². The molecule has 0 heterocycles. The Kier molecular flexibility index (Phi) is 8.34. The average Bonchev–Trinajstić information content (AvgIpc) is 2.69. The predicted octanol–water partition coefficient (Wildman–Crippen LogP) is 3.09. The summed E-state index contributed by atoms with van der Waals surface area (Å²) in [5.41, 5.74) is 2.61. The van der Waals surface area contributed by atoms with Crippen LogP contribution in [0.4, 0.5) is 0 Å². The van der Waals surface area contributed by atoms with Gasteiger partial charge >= 0.3 is 0 Å². The van der Waals surface area contributed by atoms with Crippen LogP contribution < -0.4 is 20.1 Å². The lowest BCUT2D eigenvalue weighted by atomic mass is 10.1. The van der Waals surface area contributed by atoms with E-state index in [9.17, 15) is 9.59 Å². The number of nitrogens with one attached hydrogen (secondary N) is 2. The van der Waals surface area contributed by atoms with E-state index in [2.05, 4.69) is 10.6 Å². The lowest BCUT2D eigenvalue weighted by molar-refractivity contribution is -0.119. The maximum Gasteiger partial charge on any atom is 0.251 e. The maximum atomic E-state index is 12.3. The Hall–Kier alpha value is -3.02. The third-order valence-electron chi connectivity index (χ3n) is 4.06. The third kappa shape index (κ3) is 6.61. The number of ether oxygens (including phenoxy) is 2. The van der Waals surface area contributed by atoms with Gasteiger partial charge in [0.25, 0.3) is 5.91 Å². The van der Waals surface area contributed by atoms with Crippen molar-refractivity contribution in [1.29, 1.82) is 0 Å². The van der Waals surface area contributed by atoms with Crippen molar-refractivity contribution in [2.24, 2.45) is 0 Å². The van der Waals surface area contributed by atoms with Gasteiger partial charge in [-0.25, -0.2) is 0 Å². The van der Waals surface area contributed by atoms with Crippen molar-refractivity contribution in [1.82, 2.24) is 10.6 Å². The first-order chi connectivity index (χ1) is 13.5. The molecule has 2 N–H and O–H groups in total. The van der Waals surface area contributed by atoms with Gasteiger partial charge in [0.2, 0.25) is 5.91 Å². The normalized spacial score (nSPS) is 10.2. The largest absolute Gasteiger partial charge is 0.490 e. The number of benzene rings is 2. The second kappa shape index (κ2) is 11.0. The lowest BCUT2D eigenvalue weighted by Crippen LogP contribution is -2.25. The van der Waals surface area contributed by atoms with Crippen molar-refractivity contribution < 1.29 is 19.1 Å². The fourth-order valence-corrected chi connectivity index (χ4v) is 2.67. The molecule has 6 heteroatoms. The third-order valence-corrected chi connectivity index (χ3v) is 4.06. The van der Waals surface area contributed by atoms with Gasteiger partial charge < -0.3 is 20.1 Å². The second-order valence-corrected chi connectivity index (χ2v) is 6.26. The van der Waals surface area contributed by atoms with Crippen LogP contribution in [0.25, 0.3) is 0 Å². The minimum absolute atomic E-state index is 0.0800. The zero-order valence-electron chi connectivity index (χ0n) is 16.7. The number of amides is 2. The highest BCUT2D eigenvalue weighted by molar-refractivity contribution is 5.94. The van der Waals surface area contributed by atoms with Gasteiger partial charge in [0.05, 0.1) is 13.2 Å². The Balaban J connectivity index is 1.87. The first kappa shape index (κ1) is 21.3. The fourth-order valence-electron chi connectivity index (χ4n) is 2.67. The van der Waals surface area contributed by atoms with Crippen molar-refractivity contribution >= 4 is 11.8 Å². The highest BCUT2D eigenvalue weighted by Crippen LogP contribution is 2.28. The summed E-state index contributed by atoms with van der Waals surface area (Å²) in [4.78, 5) is 23.2. The molecule has 0 aromatic heterocycles. The van der Waals surface area contributed by atoms with Crippen molar-refractivity contribution in [2.75, 3.05) is 19.8 Å². The molecule has 0 atom stereocenters. The zero-order valence-corrected chi connectivity index (χ0v) is 16.7. The molecule has 2 rings (SSSR count). The number of carbonyl (C=O) groups excluding carboxylic acids is 2. The van der Waals surface area contributed by atoms with Crippen LogP contribution in [0.15, 0.2) is 42.5 Å². The van der Waals surface area contributed by atoms with Crippen LogP contribution >= 0.6 is 0 Å². The first-order valence-corrected chi connectivity index (χ1v) is 9.53. The van der Waals surface area contributed by atoms with Crippen molar-refractivity contribution in [2.45, 2.75) is 33.7 Å². The predicted molar refractivity (Wildman–Crippen MR) is 109 cm³/mol. The van der Waals surface area contributed by atoms with E-state index in [1.54, 1.807) is 12.1 Å². The molecule has 0 aliphatic carbocycles. The van der Waals surface area contributed by atoms with E-state index in [4.69, 9.17) is 9.47 Å². The molecule has 0 bridgehead atoms. The number of hydrogen-bond donors (Lipinski definition) is 2. The van der Waals surface area contributed by atoms with Gasteiger partial charge in [0.15, 0.2) is 11.5 Å². The summed E-state index contributed by atoms with van der Waals surface area (Å²) in [6, 6.07) is 13.0. The van der Waals surface area contributed by atoms with Crippen molar-refractivity contribution in [3.05, 3.63) is 59.2 Å². The van der Waals surface area contributed by atoms with Crippen LogP contribution in [0.5, 0.6) is 11.5 Å². The SMILES string of the molecule is CCOc1ccc(CCNC(=O)c2ccc(CNC(C)=O)cc2)cc1OCC. The van der Waals surface area contributed by atoms with Gasteiger partial charge in [0.1, 0.15) is 0 Å². The van der Waals surface area contributed by atoms with Gasteiger partial charge in [-0.2, -0.15) is 0 Å². The molecular formula is C22H28N2O4. The van der Waals surface area contributed by atoms with E-state index >= 15 is 0 Å². The molecule has 0 aliphatic heterocycles. The standard InChI is InChI=1S/C22H28N2O4/c1-4-27-20-11-8-17(14-21(20)28-5-2)12-13-23-22(26)19-9-6-18(7-10-19)15-24-16(3)25/h6-11,14H,4-5,12-13,15H2,1-3H3,(H,23,26)(H,24,25). The van der Waals surface area contributed by atoms with Gasteiger partial charge in [-0.1, -0.05) is 18.2 Å². The summed E-state index contributed by atoms with van der Waals surface area (Å²) in [7, 11) is 0. The molecule has 2 aromatic carbocycles. The summed E-state index contributed by atoms with van der Waals surface area (Å²) < 4.78 is 11.2. The summed E-state index contributed by atoms with van der Waals surface area (Å²) >= 11 is 0. The second-order valence-electron chi connectivity index (χ2n) is 6.26. The minimum atomic E-state index is -0.123. The van der Waals surface area contributed by atoms with E-state index in [1.807, 2.05) is 44.2 Å². The molecule has 28 heavy (non-hydrogen) atoms.